The lowest BCUT2D eigenvalue weighted by atomic mass is 9.95. The van der Waals surface area contributed by atoms with Crippen molar-refractivity contribution >= 4 is 17.7 Å². The fourth-order valence-corrected chi connectivity index (χ4v) is 5.44. The monoisotopic (exact) mass is 416 g/mol. The van der Waals surface area contributed by atoms with Crippen molar-refractivity contribution in [1.82, 2.24) is 19.7 Å². The summed E-state index contributed by atoms with van der Waals surface area (Å²) in [4.78, 5) is 14.8. The molecule has 156 valence electrons. The Hall–Kier alpha value is -1.89. The van der Waals surface area contributed by atoms with E-state index in [9.17, 15) is 9.18 Å². The first-order chi connectivity index (χ1) is 14.1. The lowest BCUT2D eigenvalue weighted by Gasteiger charge is -2.33. The predicted octanol–water partition coefficient (Wildman–Crippen LogP) is 5.08. The first-order valence-corrected chi connectivity index (χ1v) is 11.7. The largest absolute Gasteiger partial charge is 0.339 e. The van der Waals surface area contributed by atoms with Crippen LogP contribution in [0, 0.1) is 5.82 Å². The summed E-state index contributed by atoms with van der Waals surface area (Å²) in [5, 5.41) is 9.60. The minimum Gasteiger partial charge on any atom is -0.339 e. The molecule has 2 fully saturated rings. The highest BCUT2D eigenvalue weighted by atomic mass is 32.2. The number of thioether (sulfide) groups is 1. The summed E-state index contributed by atoms with van der Waals surface area (Å²) in [6, 6.07) is 7.16. The SMILES string of the molecule is CC1CCCCN1C(=O)CSc1nnc(-c2cccc(F)c2)n1C1CCCCC1. The Morgan fingerprint density at radius 2 is 1.93 bits per heavy atom. The molecular formula is C22H29FN4OS. The van der Waals surface area contributed by atoms with Gasteiger partial charge in [0.2, 0.25) is 5.91 Å². The van der Waals surface area contributed by atoms with E-state index in [0.29, 0.717) is 23.7 Å². The lowest BCUT2D eigenvalue weighted by Crippen LogP contribution is -2.43. The molecule has 29 heavy (non-hydrogen) atoms. The number of nitrogens with zero attached hydrogens (tertiary/aromatic N) is 4. The molecule has 0 N–H and O–H groups in total. The summed E-state index contributed by atoms with van der Waals surface area (Å²) >= 11 is 1.47. The van der Waals surface area contributed by atoms with E-state index in [-0.39, 0.29) is 11.7 Å². The molecule has 2 aliphatic rings. The second-order valence-corrected chi connectivity index (χ2v) is 9.14. The van der Waals surface area contributed by atoms with Crippen LogP contribution >= 0.6 is 11.8 Å². The zero-order valence-corrected chi connectivity index (χ0v) is 17.8. The molecule has 1 atom stereocenters. The van der Waals surface area contributed by atoms with Gasteiger partial charge in [-0.2, -0.15) is 0 Å². The first kappa shape index (κ1) is 20.4. The number of halogens is 1. The predicted molar refractivity (Wildman–Crippen MR) is 113 cm³/mol. The average Bonchev–Trinajstić information content (AvgIpc) is 3.17. The molecule has 2 aromatic rings. The third kappa shape index (κ3) is 4.65. The smallest absolute Gasteiger partial charge is 0.233 e. The van der Waals surface area contributed by atoms with Crippen LogP contribution in [0.15, 0.2) is 29.4 Å². The molecule has 2 heterocycles. The van der Waals surface area contributed by atoms with Crippen LogP contribution in [-0.2, 0) is 4.79 Å². The minimum absolute atomic E-state index is 0.174. The van der Waals surface area contributed by atoms with Crippen molar-refractivity contribution in [2.45, 2.75) is 75.5 Å². The number of carbonyl (C=O) groups is 1. The van der Waals surface area contributed by atoms with Crippen molar-refractivity contribution < 1.29 is 9.18 Å². The average molecular weight is 417 g/mol. The van der Waals surface area contributed by atoms with E-state index in [4.69, 9.17) is 0 Å². The molecule has 1 aliphatic heterocycles. The zero-order valence-electron chi connectivity index (χ0n) is 17.0. The number of piperidine rings is 1. The van der Waals surface area contributed by atoms with Gasteiger partial charge in [-0.15, -0.1) is 10.2 Å². The molecule has 1 aromatic heterocycles. The highest BCUT2D eigenvalue weighted by molar-refractivity contribution is 7.99. The van der Waals surface area contributed by atoms with Gasteiger partial charge in [-0.05, 0) is 51.2 Å². The van der Waals surface area contributed by atoms with Crippen LogP contribution in [-0.4, -0.2) is 43.9 Å². The van der Waals surface area contributed by atoms with E-state index in [1.165, 1.54) is 49.6 Å². The van der Waals surface area contributed by atoms with Gasteiger partial charge in [0, 0.05) is 24.2 Å². The molecule has 7 heteroatoms. The molecule has 1 saturated carbocycles. The number of amides is 1. The molecule has 1 unspecified atom stereocenters. The quantitative estimate of drug-likeness (QED) is 0.638. The van der Waals surface area contributed by atoms with Gasteiger partial charge in [0.25, 0.3) is 0 Å². The maximum absolute atomic E-state index is 13.8. The van der Waals surface area contributed by atoms with Gasteiger partial charge < -0.3 is 4.90 Å². The second kappa shape index (κ2) is 9.28. The minimum atomic E-state index is -0.274. The van der Waals surface area contributed by atoms with E-state index < -0.39 is 0 Å². The Labute approximate surface area is 176 Å². The normalized spacial score (nSPS) is 20.8. The number of likely N-dealkylation sites (tertiary alicyclic amines) is 1. The highest BCUT2D eigenvalue weighted by Gasteiger charge is 2.27. The summed E-state index contributed by atoms with van der Waals surface area (Å²) in [6.07, 6.45) is 9.13. The molecule has 0 radical (unpaired) electrons. The maximum atomic E-state index is 13.8. The van der Waals surface area contributed by atoms with Gasteiger partial charge in [-0.1, -0.05) is 43.2 Å². The third-order valence-corrected chi connectivity index (χ3v) is 7.06. The number of rotatable bonds is 5. The topological polar surface area (TPSA) is 51.0 Å². The van der Waals surface area contributed by atoms with Gasteiger partial charge in [0.05, 0.1) is 5.75 Å². The number of hydrogen-bond donors (Lipinski definition) is 0. The Morgan fingerprint density at radius 1 is 1.14 bits per heavy atom. The van der Waals surface area contributed by atoms with Gasteiger partial charge in [0.1, 0.15) is 5.82 Å². The van der Waals surface area contributed by atoms with E-state index in [2.05, 4.69) is 21.7 Å². The molecule has 0 bridgehead atoms. The Morgan fingerprint density at radius 3 is 2.69 bits per heavy atom. The number of carbonyl (C=O) groups excluding carboxylic acids is 1. The Kier molecular flexibility index (Phi) is 6.53. The van der Waals surface area contributed by atoms with Gasteiger partial charge in [0.15, 0.2) is 11.0 Å². The standard InChI is InChI=1S/C22H29FN4OS/c1-16-8-5-6-13-26(16)20(28)15-29-22-25-24-21(17-9-7-10-18(23)14-17)27(22)19-11-3-2-4-12-19/h7,9-10,14,16,19H,2-6,8,11-13,15H2,1H3. The van der Waals surface area contributed by atoms with Crippen molar-refractivity contribution in [2.75, 3.05) is 12.3 Å². The van der Waals surface area contributed by atoms with Crippen LogP contribution < -0.4 is 0 Å². The molecule has 1 aromatic carbocycles. The molecule has 5 nitrogen and oxygen atoms in total. The van der Waals surface area contributed by atoms with Crippen molar-refractivity contribution in [3.63, 3.8) is 0 Å². The fraction of sp³-hybridized carbons (Fsp3) is 0.591. The van der Waals surface area contributed by atoms with E-state index >= 15 is 0 Å². The van der Waals surface area contributed by atoms with Gasteiger partial charge in [-0.3, -0.25) is 9.36 Å². The maximum Gasteiger partial charge on any atom is 0.233 e. The third-order valence-electron chi connectivity index (χ3n) is 6.14. The summed E-state index contributed by atoms with van der Waals surface area (Å²) in [6.45, 7) is 2.98. The number of aromatic nitrogens is 3. The molecule has 4 rings (SSSR count). The van der Waals surface area contributed by atoms with Gasteiger partial charge >= 0.3 is 0 Å². The van der Waals surface area contributed by atoms with Crippen molar-refractivity contribution in [1.29, 1.82) is 0 Å². The van der Waals surface area contributed by atoms with E-state index in [1.54, 1.807) is 6.07 Å². The van der Waals surface area contributed by atoms with E-state index in [0.717, 1.165) is 42.9 Å². The molecule has 1 aliphatic carbocycles. The van der Waals surface area contributed by atoms with Crippen molar-refractivity contribution in [3.8, 4) is 11.4 Å². The number of hydrogen-bond acceptors (Lipinski definition) is 4. The van der Waals surface area contributed by atoms with Crippen LogP contribution in [0.2, 0.25) is 0 Å². The van der Waals surface area contributed by atoms with E-state index in [1.807, 2.05) is 11.0 Å². The van der Waals surface area contributed by atoms with Crippen molar-refractivity contribution in [3.05, 3.63) is 30.1 Å². The number of benzene rings is 1. The van der Waals surface area contributed by atoms with Crippen LogP contribution in [0.1, 0.15) is 64.3 Å². The Bertz CT molecular complexity index is 849. The van der Waals surface area contributed by atoms with Crippen LogP contribution in [0.3, 0.4) is 0 Å². The highest BCUT2D eigenvalue weighted by Crippen LogP contribution is 2.36. The summed E-state index contributed by atoms with van der Waals surface area (Å²) < 4.78 is 16.0. The summed E-state index contributed by atoms with van der Waals surface area (Å²) in [5.41, 5.74) is 0.742. The molecular weight excluding hydrogens is 387 g/mol. The summed E-state index contributed by atoms with van der Waals surface area (Å²) in [7, 11) is 0. The summed E-state index contributed by atoms with van der Waals surface area (Å²) in [5.74, 6) is 0.979. The fourth-order valence-electron chi connectivity index (χ4n) is 4.55. The lowest BCUT2D eigenvalue weighted by molar-refractivity contribution is -0.131. The van der Waals surface area contributed by atoms with Crippen LogP contribution in [0.5, 0.6) is 0 Å². The first-order valence-electron chi connectivity index (χ1n) is 10.8. The zero-order chi connectivity index (χ0) is 20.2. The van der Waals surface area contributed by atoms with Crippen molar-refractivity contribution in [2.24, 2.45) is 0 Å². The van der Waals surface area contributed by atoms with Gasteiger partial charge in [-0.25, -0.2) is 4.39 Å². The molecule has 1 amide bonds. The molecule has 1 saturated heterocycles. The Balaban J connectivity index is 1.56. The molecule has 0 spiro atoms. The van der Waals surface area contributed by atoms with Crippen LogP contribution in [0.25, 0.3) is 11.4 Å². The second-order valence-electron chi connectivity index (χ2n) is 8.20. The van der Waals surface area contributed by atoms with Crippen LogP contribution in [0.4, 0.5) is 4.39 Å².